The summed E-state index contributed by atoms with van der Waals surface area (Å²) in [6, 6.07) is 0.731. The number of hydrogen-bond acceptors (Lipinski definition) is 4. The standard InChI is InChI=1S/C14H24N2OS/c1-10-4-6-13(7-5-10)15-8-9-18-14-16-11(2)12(3)17-14/h10,13,15H,4-9H2,1-3H3. The second-order valence-electron chi connectivity index (χ2n) is 5.38. The predicted molar refractivity (Wildman–Crippen MR) is 76.1 cm³/mol. The van der Waals surface area contributed by atoms with Crippen LogP contribution in [0.5, 0.6) is 0 Å². The Bertz CT molecular complexity index is 350. The smallest absolute Gasteiger partial charge is 0.256 e. The van der Waals surface area contributed by atoms with Crippen LogP contribution in [-0.4, -0.2) is 23.3 Å². The summed E-state index contributed by atoms with van der Waals surface area (Å²) < 4.78 is 5.54. The fraction of sp³-hybridized carbons (Fsp3) is 0.786. The molecule has 0 radical (unpaired) electrons. The maximum absolute atomic E-state index is 5.54. The van der Waals surface area contributed by atoms with Gasteiger partial charge in [-0.2, -0.15) is 0 Å². The average Bonchev–Trinajstić information content (AvgIpc) is 2.67. The van der Waals surface area contributed by atoms with Crippen molar-refractivity contribution in [1.82, 2.24) is 10.3 Å². The maximum Gasteiger partial charge on any atom is 0.256 e. The summed E-state index contributed by atoms with van der Waals surface area (Å²) in [6.07, 6.45) is 5.43. The van der Waals surface area contributed by atoms with Gasteiger partial charge >= 0.3 is 0 Å². The third kappa shape index (κ3) is 4.02. The molecule has 0 aliphatic heterocycles. The molecular formula is C14H24N2OS. The predicted octanol–water partition coefficient (Wildman–Crippen LogP) is 3.55. The second-order valence-corrected chi connectivity index (χ2v) is 6.43. The van der Waals surface area contributed by atoms with Crippen LogP contribution in [0.25, 0.3) is 0 Å². The van der Waals surface area contributed by atoms with Gasteiger partial charge in [0, 0.05) is 18.3 Å². The Kier molecular flexibility index (Phi) is 5.13. The van der Waals surface area contributed by atoms with E-state index in [4.69, 9.17) is 4.42 Å². The molecular weight excluding hydrogens is 244 g/mol. The highest BCUT2D eigenvalue weighted by molar-refractivity contribution is 7.99. The summed E-state index contributed by atoms with van der Waals surface area (Å²) >= 11 is 1.70. The molecule has 0 unspecified atom stereocenters. The molecule has 1 aliphatic carbocycles. The van der Waals surface area contributed by atoms with E-state index in [1.165, 1.54) is 25.7 Å². The van der Waals surface area contributed by atoms with Gasteiger partial charge in [0.1, 0.15) is 5.76 Å². The van der Waals surface area contributed by atoms with E-state index in [0.717, 1.165) is 40.9 Å². The van der Waals surface area contributed by atoms with Crippen molar-refractivity contribution < 1.29 is 4.42 Å². The first-order valence-corrected chi connectivity index (χ1v) is 7.94. The van der Waals surface area contributed by atoms with Gasteiger partial charge < -0.3 is 9.73 Å². The number of thioether (sulfide) groups is 1. The first kappa shape index (κ1) is 13.9. The van der Waals surface area contributed by atoms with E-state index in [-0.39, 0.29) is 0 Å². The molecule has 1 N–H and O–H groups in total. The number of aryl methyl sites for hydroxylation is 2. The molecule has 18 heavy (non-hydrogen) atoms. The SMILES string of the molecule is Cc1nc(SCCNC2CCC(C)CC2)oc1C. The van der Waals surface area contributed by atoms with Crippen LogP contribution in [0.1, 0.15) is 44.1 Å². The Morgan fingerprint density at radius 3 is 2.61 bits per heavy atom. The monoisotopic (exact) mass is 268 g/mol. The third-order valence-electron chi connectivity index (χ3n) is 3.79. The van der Waals surface area contributed by atoms with E-state index < -0.39 is 0 Å². The highest BCUT2D eigenvalue weighted by Gasteiger charge is 2.17. The van der Waals surface area contributed by atoms with Crippen molar-refractivity contribution in [3.63, 3.8) is 0 Å². The fourth-order valence-corrected chi connectivity index (χ4v) is 3.15. The normalized spacial score (nSPS) is 24.4. The lowest BCUT2D eigenvalue weighted by Crippen LogP contribution is -2.34. The molecule has 1 aliphatic rings. The molecule has 0 amide bonds. The summed E-state index contributed by atoms with van der Waals surface area (Å²) in [4.78, 5) is 4.37. The van der Waals surface area contributed by atoms with Crippen LogP contribution < -0.4 is 5.32 Å². The van der Waals surface area contributed by atoms with E-state index in [0.29, 0.717) is 0 Å². The molecule has 0 saturated heterocycles. The van der Waals surface area contributed by atoms with Gasteiger partial charge in [0.2, 0.25) is 0 Å². The Morgan fingerprint density at radius 1 is 1.28 bits per heavy atom. The minimum absolute atomic E-state index is 0.731. The lowest BCUT2D eigenvalue weighted by Gasteiger charge is -2.26. The van der Waals surface area contributed by atoms with Gasteiger partial charge in [-0.15, -0.1) is 0 Å². The molecule has 3 nitrogen and oxygen atoms in total. The number of nitrogens with zero attached hydrogens (tertiary/aromatic N) is 1. The lowest BCUT2D eigenvalue weighted by atomic mass is 9.87. The Hall–Kier alpha value is -0.480. The lowest BCUT2D eigenvalue weighted by molar-refractivity contribution is 0.311. The number of oxazole rings is 1. The number of rotatable bonds is 5. The van der Waals surface area contributed by atoms with Crippen LogP contribution in [-0.2, 0) is 0 Å². The van der Waals surface area contributed by atoms with Gasteiger partial charge in [-0.3, -0.25) is 0 Å². The second kappa shape index (κ2) is 6.62. The van der Waals surface area contributed by atoms with Crippen molar-refractivity contribution in [3.05, 3.63) is 11.5 Å². The average molecular weight is 268 g/mol. The maximum atomic E-state index is 5.54. The van der Waals surface area contributed by atoms with Gasteiger partial charge in [0.25, 0.3) is 5.22 Å². The van der Waals surface area contributed by atoms with Crippen molar-refractivity contribution in [2.45, 2.75) is 57.7 Å². The molecule has 0 bridgehead atoms. The topological polar surface area (TPSA) is 38.1 Å². The molecule has 0 atom stereocenters. The van der Waals surface area contributed by atoms with Gasteiger partial charge in [0.05, 0.1) is 5.69 Å². The van der Waals surface area contributed by atoms with Gasteiger partial charge in [-0.1, -0.05) is 18.7 Å². The first-order chi connectivity index (χ1) is 8.65. The zero-order valence-electron chi connectivity index (χ0n) is 11.7. The molecule has 1 saturated carbocycles. The van der Waals surface area contributed by atoms with E-state index in [2.05, 4.69) is 17.2 Å². The van der Waals surface area contributed by atoms with Crippen molar-refractivity contribution in [2.75, 3.05) is 12.3 Å². The van der Waals surface area contributed by atoms with Crippen molar-refractivity contribution in [2.24, 2.45) is 5.92 Å². The van der Waals surface area contributed by atoms with Crippen molar-refractivity contribution in [3.8, 4) is 0 Å². The molecule has 2 rings (SSSR count). The summed E-state index contributed by atoms with van der Waals surface area (Å²) in [7, 11) is 0. The zero-order chi connectivity index (χ0) is 13.0. The summed E-state index contributed by atoms with van der Waals surface area (Å²) in [5.41, 5.74) is 1.01. The van der Waals surface area contributed by atoms with E-state index in [9.17, 15) is 0 Å². The quantitative estimate of drug-likeness (QED) is 0.654. The molecule has 1 heterocycles. The van der Waals surface area contributed by atoms with Gasteiger partial charge in [-0.25, -0.2) is 4.98 Å². The molecule has 0 spiro atoms. The van der Waals surface area contributed by atoms with Gasteiger partial charge in [0.15, 0.2) is 0 Å². The highest BCUT2D eigenvalue weighted by atomic mass is 32.2. The van der Waals surface area contributed by atoms with Crippen LogP contribution in [0.3, 0.4) is 0 Å². The fourth-order valence-electron chi connectivity index (χ4n) is 2.37. The minimum atomic E-state index is 0.731. The molecule has 102 valence electrons. The van der Waals surface area contributed by atoms with Crippen molar-refractivity contribution >= 4 is 11.8 Å². The van der Waals surface area contributed by atoms with Crippen LogP contribution in [0.4, 0.5) is 0 Å². The number of nitrogens with one attached hydrogen (secondary N) is 1. The minimum Gasteiger partial charge on any atom is -0.437 e. The molecule has 1 fully saturated rings. The first-order valence-electron chi connectivity index (χ1n) is 6.95. The molecule has 1 aromatic rings. The molecule has 1 aromatic heterocycles. The van der Waals surface area contributed by atoms with Crippen molar-refractivity contribution in [1.29, 1.82) is 0 Å². The third-order valence-corrected chi connectivity index (χ3v) is 4.62. The van der Waals surface area contributed by atoms with Crippen LogP contribution in [0, 0.1) is 19.8 Å². The Labute approximate surface area is 114 Å². The largest absolute Gasteiger partial charge is 0.437 e. The van der Waals surface area contributed by atoms with Gasteiger partial charge in [-0.05, 0) is 45.4 Å². The van der Waals surface area contributed by atoms with Crippen LogP contribution in [0.15, 0.2) is 9.64 Å². The highest BCUT2D eigenvalue weighted by Crippen LogP contribution is 2.24. The molecule has 4 heteroatoms. The van der Waals surface area contributed by atoms with Crippen LogP contribution >= 0.6 is 11.8 Å². The Morgan fingerprint density at radius 2 is 2.00 bits per heavy atom. The summed E-state index contributed by atoms with van der Waals surface area (Å²) in [5.74, 6) is 2.90. The number of aromatic nitrogens is 1. The van der Waals surface area contributed by atoms with E-state index in [1.54, 1.807) is 11.8 Å². The zero-order valence-corrected chi connectivity index (χ0v) is 12.5. The molecule has 0 aromatic carbocycles. The van der Waals surface area contributed by atoms with E-state index in [1.807, 2.05) is 13.8 Å². The van der Waals surface area contributed by atoms with Crippen LogP contribution in [0.2, 0.25) is 0 Å². The Balaban J connectivity index is 1.61. The van der Waals surface area contributed by atoms with E-state index >= 15 is 0 Å². The summed E-state index contributed by atoms with van der Waals surface area (Å²) in [6.45, 7) is 7.36. The summed E-state index contributed by atoms with van der Waals surface area (Å²) in [5, 5.41) is 4.45. The number of hydrogen-bond donors (Lipinski definition) is 1.